The van der Waals surface area contributed by atoms with Crippen LogP contribution in [0.15, 0.2) is 66.7 Å². The smallest absolute Gasteiger partial charge is 0.271 e. The summed E-state index contributed by atoms with van der Waals surface area (Å²) in [4.78, 5) is 32.1. The Morgan fingerprint density at radius 3 is 2.51 bits per heavy atom. The van der Waals surface area contributed by atoms with Crippen LogP contribution < -0.4 is 5.32 Å². The molecule has 1 fully saturated rings. The normalized spacial score (nSPS) is 19.8. The summed E-state index contributed by atoms with van der Waals surface area (Å²) in [6.45, 7) is 2.96. The van der Waals surface area contributed by atoms with E-state index in [0.717, 1.165) is 53.4 Å². The minimum atomic E-state index is -1.16. The minimum absolute atomic E-state index is 0.0801. The van der Waals surface area contributed by atoms with Crippen LogP contribution in [0.2, 0.25) is 5.02 Å². The quantitative estimate of drug-likeness (QED) is 0.266. The Hall–Kier alpha value is -3.09. The molecule has 2 aliphatic rings. The van der Waals surface area contributed by atoms with Crippen molar-refractivity contribution < 1.29 is 9.59 Å². The summed E-state index contributed by atoms with van der Waals surface area (Å²) in [5.74, 6) is -0.178. The second kappa shape index (κ2) is 10.8. The Balaban J connectivity index is 1.48. The van der Waals surface area contributed by atoms with Crippen LogP contribution in [0.25, 0.3) is 10.2 Å². The van der Waals surface area contributed by atoms with Gasteiger partial charge in [0, 0.05) is 22.5 Å². The van der Waals surface area contributed by atoms with Gasteiger partial charge in [-0.2, -0.15) is 0 Å². The third-order valence-electron chi connectivity index (χ3n) is 8.41. The molecule has 0 spiro atoms. The van der Waals surface area contributed by atoms with Gasteiger partial charge in [0.15, 0.2) is 5.54 Å². The van der Waals surface area contributed by atoms with Crippen molar-refractivity contribution in [2.45, 2.75) is 70.0 Å². The highest BCUT2D eigenvalue weighted by Gasteiger charge is 2.52. The molecule has 2 aromatic heterocycles. The highest BCUT2D eigenvalue weighted by atomic mass is 35.5. The van der Waals surface area contributed by atoms with Gasteiger partial charge in [-0.3, -0.25) is 9.59 Å². The summed E-state index contributed by atoms with van der Waals surface area (Å²) in [5.41, 5.74) is 2.48. The molecule has 0 bridgehead atoms. The predicted octanol–water partition coefficient (Wildman–Crippen LogP) is 6.96. The number of halogens is 1. The Labute approximate surface area is 238 Å². The number of hydrogen-bond donors (Lipinski definition) is 1. The molecule has 0 unspecified atom stereocenters. The predicted molar refractivity (Wildman–Crippen MR) is 159 cm³/mol. The maximum absolute atomic E-state index is 14.6. The van der Waals surface area contributed by atoms with Gasteiger partial charge in [0.2, 0.25) is 0 Å². The molecular formula is C32H34ClN3O2S. The molecule has 3 heterocycles. The molecule has 0 saturated heterocycles. The minimum Gasteiger partial charge on any atom is -0.351 e. The molecule has 1 aliphatic heterocycles. The lowest BCUT2D eigenvalue weighted by atomic mass is 9.83. The topological polar surface area (TPSA) is 54.3 Å². The first-order chi connectivity index (χ1) is 19.0. The SMILES string of the molecule is CCc1cc2c(cc3n2C[C@@](C(=O)NC2CCCCC2)(c2ccccc2)N(CCc2ccc(Cl)cc2)C3=O)s1. The van der Waals surface area contributed by atoms with Crippen LogP contribution in [0.3, 0.4) is 0 Å². The number of fused-ring (bicyclic) bond motifs is 3. The lowest BCUT2D eigenvalue weighted by Gasteiger charge is -2.47. The molecule has 39 heavy (non-hydrogen) atoms. The molecule has 7 heteroatoms. The van der Waals surface area contributed by atoms with E-state index in [1.807, 2.05) is 65.6 Å². The summed E-state index contributed by atoms with van der Waals surface area (Å²) in [7, 11) is 0. The first-order valence-corrected chi connectivity index (χ1v) is 15.2. The third kappa shape index (κ3) is 4.78. The maximum atomic E-state index is 14.6. The number of nitrogens with zero attached hydrogens (tertiary/aromatic N) is 2. The van der Waals surface area contributed by atoms with Crippen LogP contribution in [0.4, 0.5) is 0 Å². The van der Waals surface area contributed by atoms with Crippen LogP contribution in [-0.4, -0.2) is 33.9 Å². The maximum Gasteiger partial charge on any atom is 0.271 e. The number of rotatable bonds is 7. The molecule has 1 N–H and O–H groups in total. The second-order valence-corrected chi connectivity index (χ2v) is 12.4. The van der Waals surface area contributed by atoms with E-state index >= 15 is 0 Å². The summed E-state index contributed by atoms with van der Waals surface area (Å²) in [6, 6.07) is 22.0. The zero-order chi connectivity index (χ0) is 27.0. The van der Waals surface area contributed by atoms with Crippen LogP contribution in [0.1, 0.15) is 65.5 Å². The van der Waals surface area contributed by atoms with Crippen LogP contribution in [0, 0.1) is 0 Å². The third-order valence-corrected chi connectivity index (χ3v) is 9.87. The Kier molecular flexibility index (Phi) is 7.25. The van der Waals surface area contributed by atoms with Gasteiger partial charge in [0.05, 0.1) is 16.8 Å². The van der Waals surface area contributed by atoms with Crippen molar-refractivity contribution in [1.82, 2.24) is 14.8 Å². The van der Waals surface area contributed by atoms with E-state index in [9.17, 15) is 9.59 Å². The monoisotopic (exact) mass is 559 g/mol. The van der Waals surface area contributed by atoms with Gasteiger partial charge < -0.3 is 14.8 Å². The summed E-state index contributed by atoms with van der Waals surface area (Å²) in [6.07, 6.45) is 7.01. The van der Waals surface area contributed by atoms with E-state index < -0.39 is 5.54 Å². The molecular weight excluding hydrogens is 526 g/mol. The first kappa shape index (κ1) is 26.1. The van der Waals surface area contributed by atoms with E-state index in [0.29, 0.717) is 30.2 Å². The average Bonchev–Trinajstić information content (AvgIpc) is 3.52. The van der Waals surface area contributed by atoms with Crippen LogP contribution in [0.5, 0.6) is 0 Å². The van der Waals surface area contributed by atoms with Gasteiger partial charge in [0.25, 0.3) is 11.8 Å². The molecule has 0 radical (unpaired) electrons. The molecule has 1 atom stereocenters. The highest BCUT2D eigenvalue weighted by Crippen LogP contribution is 2.41. The van der Waals surface area contributed by atoms with Gasteiger partial charge in [-0.1, -0.05) is 80.3 Å². The van der Waals surface area contributed by atoms with Crippen molar-refractivity contribution in [2.24, 2.45) is 0 Å². The second-order valence-electron chi connectivity index (χ2n) is 10.8. The van der Waals surface area contributed by atoms with E-state index in [1.54, 1.807) is 11.3 Å². The zero-order valence-electron chi connectivity index (χ0n) is 22.3. The van der Waals surface area contributed by atoms with Gasteiger partial charge in [0.1, 0.15) is 5.69 Å². The number of aromatic nitrogens is 1. The number of hydrogen-bond acceptors (Lipinski definition) is 3. The lowest BCUT2D eigenvalue weighted by Crippen LogP contribution is -2.64. The Bertz CT molecular complexity index is 1490. The van der Waals surface area contributed by atoms with E-state index in [1.165, 1.54) is 11.3 Å². The number of aryl methyl sites for hydroxylation is 1. The molecule has 6 rings (SSSR count). The van der Waals surface area contributed by atoms with Crippen molar-refractivity contribution in [2.75, 3.05) is 6.54 Å². The number of thiophene rings is 1. The van der Waals surface area contributed by atoms with Crippen LogP contribution in [-0.2, 0) is 29.7 Å². The Morgan fingerprint density at radius 1 is 1.05 bits per heavy atom. The molecule has 4 aromatic rings. The average molecular weight is 560 g/mol. The number of nitrogens with one attached hydrogen (secondary N) is 1. The fourth-order valence-electron chi connectivity index (χ4n) is 6.26. The molecule has 2 amide bonds. The summed E-state index contributed by atoms with van der Waals surface area (Å²) < 4.78 is 3.20. The number of carbonyl (C=O) groups excluding carboxylic acids is 2. The van der Waals surface area contributed by atoms with Gasteiger partial charge in [-0.15, -0.1) is 11.3 Å². The summed E-state index contributed by atoms with van der Waals surface area (Å²) in [5, 5.41) is 4.09. The summed E-state index contributed by atoms with van der Waals surface area (Å²) >= 11 is 7.86. The number of benzene rings is 2. The molecule has 5 nitrogen and oxygen atoms in total. The van der Waals surface area contributed by atoms with Crippen molar-refractivity contribution in [3.63, 3.8) is 0 Å². The number of carbonyl (C=O) groups is 2. The molecule has 1 aliphatic carbocycles. The van der Waals surface area contributed by atoms with Gasteiger partial charge >= 0.3 is 0 Å². The largest absolute Gasteiger partial charge is 0.351 e. The van der Waals surface area contributed by atoms with Crippen molar-refractivity contribution in [3.05, 3.63) is 93.5 Å². The molecule has 2 aromatic carbocycles. The Morgan fingerprint density at radius 2 is 1.79 bits per heavy atom. The lowest BCUT2D eigenvalue weighted by molar-refractivity contribution is -0.135. The van der Waals surface area contributed by atoms with Gasteiger partial charge in [-0.25, -0.2) is 0 Å². The van der Waals surface area contributed by atoms with E-state index in [4.69, 9.17) is 11.6 Å². The van der Waals surface area contributed by atoms with Crippen molar-refractivity contribution in [1.29, 1.82) is 0 Å². The number of amides is 2. The standard InChI is InChI=1S/C32H34ClN3O2S/c1-2-26-19-27-29(39-26)20-28-30(37)36(18-17-22-13-15-24(33)16-14-22)32(21-35(27)28,23-9-5-3-6-10-23)31(38)34-25-11-7-4-8-12-25/h3,5-6,9-10,13-16,19-20,25H,2,4,7-8,11-12,17-18,21H2,1H3,(H,34,38)/t32-/m0/s1. The molecule has 202 valence electrons. The van der Waals surface area contributed by atoms with E-state index in [-0.39, 0.29) is 17.9 Å². The highest BCUT2D eigenvalue weighted by molar-refractivity contribution is 7.19. The van der Waals surface area contributed by atoms with E-state index in [2.05, 4.69) is 22.9 Å². The zero-order valence-corrected chi connectivity index (χ0v) is 23.9. The molecule has 1 saturated carbocycles. The van der Waals surface area contributed by atoms with Crippen molar-refractivity contribution >= 4 is 45.0 Å². The van der Waals surface area contributed by atoms with Crippen LogP contribution >= 0.6 is 22.9 Å². The van der Waals surface area contributed by atoms with Crippen molar-refractivity contribution in [3.8, 4) is 0 Å². The fraction of sp³-hybridized carbons (Fsp3) is 0.375. The fourth-order valence-corrected chi connectivity index (χ4v) is 7.43. The van der Waals surface area contributed by atoms with Gasteiger partial charge in [-0.05, 0) is 61.1 Å². The first-order valence-electron chi connectivity index (χ1n) is 14.0.